The number of hydrogen-bond donors (Lipinski definition) is 1. The van der Waals surface area contributed by atoms with Gasteiger partial charge in [0.15, 0.2) is 5.96 Å². The molecular formula is C19H27N3OS. The zero-order valence-corrected chi connectivity index (χ0v) is 15.4. The first-order valence-corrected chi connectivity index (χ1v) is 9.60. The zero-order chi connectivity index (χ0) is 16.8. The Hall–Kier alpha value is -1.59. The van der Waals surface area contributed by atoms with Gasteiger partial charge in [0.1, 0.15) is 0 Å². The number of hydrogen-bond acceptors (Lipinski definition) is 3. The van der Waals surface area contributed by atoms with E-state index in [0.717, 1.165) is 38.2 Å². The van der Waals surface area contributed by atoms with Crippen molar-refractivity contribution in [1.29, 1.82) is 0 Å². The van der Waals surface area contributed by atoms with E-state index in [2.05, 4.69) is 51.9 Å². The highest BCUT2D eigenvalue weighted by molar-refractivity contribution is 7.17. The minimum absolute atomic E-state index is 0.792. The number of rotatable bonds is 5. The molecule has 0 atom stereocenters. The largest absolute Gasteiger partial charge is 0.381 e. The number of nitrogens with zero attached hydrogens (tertiary/aromatic N) is 2. The summed E-state index contributed by atoms with van der Waals surface area (Å²) in [5, 5.41) is 7.10. The van der Waals surface area contributed by atoms with Crippen LogP contribution in [0.3, 0.4) is 0 Å². The fourth-order valence-electron chi connectivity index (χ4n) is 3.25. The molecule has 1 N–H and O–H groups in total. The van der Waals surface area contributed by atoms with E-state index in [4.69, 9.17) is 4.74 Å². The number of guanidine groups is 1. The molecule has 0 aliphatic carbocycles. The normalized spacial score (nSPS) is 16.5. The monoisotopic (exact) mass is 345 g/mol. The van der Waals surface area contributed by atoms with Crippen LogP contribution in [-0.2, 0) is 11.3 Å². The number of aliphatic imine (C=N–C) groups is 1. The lowest BCUT2D eigenvalue weighted by molar-refractivity contribution is 0.0625. The Kier molecular flexibility index (Phi) is 6.10. The first-order valence-electron chi connectivity index (χ1n) is 8.72. The average Bonchev–Trinajstić information content (AvgIpc) is 3.05. The SMILES string of the molecule is CN=C(NCc1csc2ccccc12)N(C)CCC1CCOCC1. The molecular weight excluding hydrogens is 318 g/mol. The first-order chi connectivity index (χ1) is 11.8. The van der Waals surface area contributed by atoms with Crippen molar-refractivity contribution in [2.45, 2.75) is 25.8 Å². The van der Waals surface area contributed by atoms with Gasteiger partial charge in [-0.1, -0.05) is 18.2 Å². The third-order valence-electron chi connectivity index (χ3n) is 4.79. The summed E-state index contributed by atoms with van der Waals surface area (Å²) < 4.78 is 6.79. The van der Waals surface area contributed by atoms with Crippen molar-refractivity contribution in [1.82, 2.24) is 10.2 Å². The van der Waals surface area contributed by atoms with Gasteiger partial charge >= 0.3 is 0 Å². The van der Waals surface area contributed by atoms with E-state index in [9.17, 15) is 0 Å². The Balaban J connectivity index is 1.52. The van der Waals surface area contributed by atoms with Crippen LogP contribution in [0.4, 0.5) is 0 Å². The molecule has 0 radical (unpaired) electrons. The van der Waals surface area contributed by atoms with E-state index in [1.807, 2.05) is 7.05 Å². The molecule has 0 saturated carbocycles. The van der Waals surface area contributed by atoms with Gasteiger partial charge in [-0.3, -0.25) is 4.99 Å². The van der Waals surface area contributed by atoms with Crippen LogP contribution >= 0.6 is 11.3 Å². The molecule has 1 fully saturated rings. The van der Waals surface area contributed by atoms with Crippen molar-refractivity contribution in [3.8, 4) is 0 Å². The Morgan fingerprint density at radius 1 is 1.33 bits per heavy atom. The summed E-state index contributed by atoms with van der Waals surface area (Å²) >= 11 is 1.81. The topological polar surface area (TPSA) is 36.9 Å². The molecule has 0 amide bonds. The van der Waals surface area contributed by atoms with E-state index in [1.54, 1.807) is 11.3 Å². The smallest absolute Gasteiger partial charge is 0.193 e. The van der Waals surface area contributed by atoms with E-state index in [1.165, 1.54) is 34.9 Å². The molecule has 24 heavy (non-hydrogen) atoms. The Morgan fingerprint density at radius 3 is 2.92 bits per heavy atom. The Morgan fingerprint density at radius 2 is 2.12 bits per heavy atom. The molecule has 0 unspecified atom stereocenters. The first kappa shape index (κ1) is 17.2. The van der Waals surface area contributed by atoms with Crippen molar-refractivity contribution in [3.05, 3.63) is 35.2 Å². The summed E-state index contributed by atoms with van der Waals surface area (Å²) in [4.78, 5) is 6.68. The molecule has 1 aromatic heterocycles. The highest BCUT2D eigenvalue weighted by Crippen LogP contribution is 2.25. The van der Waals surface area contributed by atoms with E-state index in [0.29, 0.717) is 0 Å². The summed E-state index contributed by atoms with van der Waals surface area (Å²) in [6.07, 6.45) is 3.60. The predicted octanol–water partition coefficient (Wildman–Crippen LogP) is 3.73. The molecule has 3 rings (SSSR count). The standard InChI is InChI=1S/C19H27N3OS/c1-20-19(22(2)10-7-15-8-11-23-12-9-15)21-13-16-14-24-18-6-4-3-5-17(16)18/h3-6,14-15H,7-13H2,1-2H3,(H,20,21). The van der Waals surface area contributed by atoms with Gasteiger partial charge in [-0.15, -0.1) is 11.3 Å². The van der Waals surface area contributed by atoms with Crippen molar-refractivity contribution in [3.63, 3.8) is 0 Å². The summed E-state index contributed by atoms with van der Waals surface area (Å²) in [6, 6.07) is 8.57. The fourth-order valence-corrected chi connectivity index (χ4v) is 4.21. The molecule has 1 aromatic carbocycles. The van der Waals surface area contributed by atoms with Crippen LogP contribution in [0.25, 0.3) is 10.1 Å². The van der Waals surface area contributed by atoms with Crippen molar-refractivity contribution in [2.75, 3.05) is 33.9 Å². The van der Waals surface area contributed by atoms with Gasteiger partial charge in [-0.25, -0.2) is 0 Å². The summed E-state index contributed by atoms with van der Waals surface area (Å²) in [5.74, 6) is 1.76. The third kappa shape index (κ3) is 4.28. The molecule has 1 saturated heterocycles. The Labute approximate surface area is 148 Å². The lowest BCUT2D eigenvalue weighted by Gasteiger charge is -2.26. The summed E-state index contributed by atoms with van der Waals surface area (Å²) in [6.45, 7) is 3.70. The second-order valence-electron chi connectivity index (χ2n) is 6.42. The van der Waals surface area contributed by atoms with Crippen LogP contribution in [0.15, 0.2) is 34.6 Å². The zero-order valence-electron chi connectivity index (χ0n) is 14.6. The highest BCUT2D eigenvalue weighted by Gasteiger charge is 2.15. The van der Waals surface area contributed by atoms with Crippen molar-refractivity contribution >= 4 is 27.4 Å². The number of ether oxygens (including phenoxy) is 1. The number of fused-ring (bicyclic) bond motifs is 1. The Bertz CT molecular complexity index is 676. The van der Waals surface area contributed by atoms with Gasteiger partial charge in [-0.05, 0) is 47.6 Å². The quantitative estimate of drug-likeness (QED) is 0.663. The van der Waals surface area contributed by atoms with Crippen molar-refractivity contribution in [2.24, 2.45) is 10.9 Å². The second kappa shape index (κ2) is 8.49. The molecule has 2 aromatic rings. The molecule has 4 nitrogen and oxygen atoms in total. The van der Waals surface area contributed by atoms with Crippen LogP contribution in [0.5, 0.6) is 0 Å². The number of thiophene rings is 1. The molecule has 130 valence electrons. The minimum atomic E-state index is 0.792. The highest BCUT2D eigenvalue weighted by atomic mass is 32.1. The lowest BCUT2D eigenvalue weighted by Crippen LogP contribution is -2.39. The molecule has 0 spiro atoms. The van der Waals surface area contributed by atoms with Gasteiger partial charge in [0.05, 0.1) is 0 Å². The van der Waals surface area contributed by atoms with Crippen LogP contribution in [0.2, 0.25) is 0 Å². The van der Waals surface area contributed by atoms with Gasteiger partial charge < -0.3 is 15.0 Å². The van der Waals surface area contributed by atoms with Gasteiger partial charge in [-0.2, -0.15) is 0 Å². The van der Waals surface area contributed by atoms with Gasteiger partial charge in [0.2, 0.25) is 0 Å². The maximum atomic E-state index is 5.44. The molecule has 1 aliphatic rings. The molecule has 5 heteroatoms. The maximum Gasteiger partial charge on any atom is 0.193 e. The third-order valence-corrected chi connectivity index (χ3v) is 5.80. The second-order valence-corrected chi connectivity index (χ2v) is 7.34. The van der Waals surface area contributed by atoms with E-state index >= 15 is 0 Å². The van der Waals surface area contributed by atoms with Crippen molar-refractivity contribution < 1.29 is 4.74 Å². The fraction of sp³-hybridized carbons (Fsp3) is 0.526. The van der Waals surface area contributed by atoms with Crippen LogP contribution < -0.4 is 5.32 Å². The maximum absolute atomic E-state index is 5.44. The van der Waals surface area contributed by atoms with E-state index in [-0.39, 0.29) is 0 Å². The van der Waals surface area contributed by atoms with Crippen LogP contribution in [0.1, 0.15) is 24.8 Å². The lowest BCUT2D eigenvalue weighted by atomic mass is 9.96. The van der Waals surface area contributed by atoms with Gasteiger partial charge in [0, 0.05) is 45.1 Å². The average molecular weight is 346 g/mol. The molecule has 1 aliphatic heterocycles. The van der Waals surface area contributed by atoms with E-state index < -0.39 is 0 Å². The van der Waals surface area contributed by atoms with Crippen LogP contribution in [0, 0.1) is 5.92 Å². The summed E-state index contributed by atoms with van der Waals surface area (Å²) in [5.41, 5.74) is 1.34. The molecule has 0 bridgehead atoms. The van der Waals surface area contributed by atoms with Gasteiger partial charge in [0.25, 0.3) is 0 Å². The molecule has 2 heterocycles. The number of nitrogens with one attached hydrogen (secondary N) is 1. The summed E-state index contributed by atoms with van der Waals surface area (Å²) in [7, 11) is 3.99. The minimum Gasteiger partial charge on any atom is -0.381 e. The predicted molar refractivity (Wildman–Crippen MR) is 103 cm³/mol. The van der Waals surface area contributed by atoms with Crippen LogP contribution in [-0.4, -0.2) is 44.7 Å². The number of benzene rings is 1.